The third-order valence-electron chi connectivity index (χ3n) is 6.86. The molecule has 1 aliphatic rings. The molecule has 0 aliphatic heterocycles. The van der Waals surface area contributed by atoms with Gasteiger partial charge in [0.05, 0.1) is 6.61 Å². The van der Waals surface area contributed by atoms with Gasteiger partial charge in [-0.25, -0.2) is 0 Å². The molecule has 0 spiro atoms. The Hall–Kier alpha value is -1.42. The van der Waals surface area contributed by atoms with Gasteiger partial charge in [0.25, 0.3) is 0 Å². The molecule has 0 aromatic rings. The summed E-state index contributed by atoms with van der Waals surface area (Å²) in [7, 11) is 0. The predicted molar refractivity (Wildman–Crippen MR) is 142 cm³/mol. The highest BCUT2D eigenvalue weighted by Gasteiger charge is 2.27. The van der Waals surface area contributed by atoms with Gasteiger partial charge in [0, 0.05) is 24.9 Å². The van der Waals surface area contributed by atoms with E-state index in [0.29, 0.717) is 13.0 Å². The maximum atomic E-state index is 12.2. The zero-order valence-corrected chi connectivity index (χ0v) is 22.0. The lowest BCUT2D eigenvalue weighted by atomic mass is 9.88. The smallest absolute Gasteiger partial charge is 0.305 e. The third kappa shape index (κ3) is 16.2. The van der Waals surface area contributed by atoms with Crippen LogP contribution in [0.4, 0.5) is 0 Å². The number of carbonyl (C=O) groups excluding carboxylic acids is 2. The normalized spacial score (nSPS) is 17.8. The van der Waals surface area contributed by atoms with E-state index in [0.717, 1.165) is 77.0 Å². The van der Waals surface area contributed by atoms with Gasteiger partial charge in [0.15, 0.2) is 5.78 Å². The van der Waals surface area contributed by atoms with Gasteiger partial charge < -0.3 is 9.84 Å². The van der Waals surface area contributed by atoms with Crippen LogP contribution in [0.25, 0.3) is 0 Å². The van der Waals surface area contributed by atoms with Crippen molar-refractivity contribution in [3.63, 3.8) is 0 Å². The quantitative estimate of drug-likeness (QED) is 0.0925. The van der Waals surface area contributed by atoms with E-state index in [4.69, 9.17) is 9.84 Å². The Labute approximate surface area is 209 Å². The molecule has 34 heavy (non-hydrogen) atoms. The number of ether oxygens (including phenoxy) is 1. The summed E-state index contributed by atoms with van der Waals surface area (Å²) in [5.41, 5.74) is 0. The van der Waals surface area contributed by atoms with Crippen LogP contribution in [0.5, 0.6) is 0 Å². The van der Waals surface area contributed by atoms with Gasteiger partial charge in [-0.3, -0.25) is 9.59 Å². The van der Waals surface area contributed by atoms with Crippen molar-refractivity contribution >= 4 is 11.8 Å². The summed E-state index contributed by atoms with van der Waals surface area (Å²) in [4.78, 5) is 24.1. The van der Waals surface area contributed by atoms with Crippen LogP contribution in [0.3, 0.4) is 0 Å². The number of aliphatic hydroxyl groups is 1. The summed E-state index contributed by atoms with van der Waals surface area (Å²) in [6.45, 7) is 3.10. The molecular formula is C30H52O4. The van der Waals surface area contributed by atoms with Crippen molar-refractivity contribution in [2.24, 2.45) is 11.8 Å². The molecule has 1 rings (SSSR count). The molecule has 0 unspecified atom stereocenters. The van der Waals surface area contributed by atoms with Gasteiger partial charge in [0.2, 0.25) is 0 Å². The number of ketones is 1. The predicted octanol–water partition coefficient (Wildman–Crippen LogP) is 7.88. The van der Waals surface area contributed by atoms with E-state index < -0.39 is 0 Å². The lowest BCUT2D eigenvalue weighted by Crippen LogP contribution is -2.14. The molecule has 1 N–H and O–H groups in total. The van der Waals surface area contributed by atoms with Crippen LogP contribution in [-0.4, -0.2) is 30.1 Å². The fourth-order valence-electron chi connectivity index (χ4n) is 4.65. The minimum absolute atomic E-state index is 0.0559. The molecule has 4 heteroatoms. The van der Waals surface area contributed by atoms with E-state index in [9.17, 15) is 9.59 Å². The minimum atomic E-state index is -0.0559. The molecule has 0 bridgehead atoms. The molecule has 2 atom stereocenters. The van der Waals surface area contributed by atoms with Crippen molar-refractivity contribution in [3.8, 4) is 0 Å². The van der Waals surface area contributed by atoms with Crippen molar-refractivity contribution < 1.29 is 19.4 Å². The summed E-state index contributed by atoms with van der Waals surface area (Å²) >= 11 is 0. The van der Waals surface area contributed by atoms with Crippen molar-refractivity contribution in [2.45, 2.75) is 129 Å². The Kier molecular flexibility index (Phi) is 19.9. The monoisotopic (exact) mass is 476 g/mol. The first-order valence-electron chi connectivity index (χ1n) is 14.3. The van der Waals surface area contributed by atoms with E-state index in [1.165, 1.54) is 38.5 Å². The zero-order valence-electron chi connectivity index (χ0n) is 22.0. The largest absolute Gasteiger partial charge is 0.466 e. The summed E-state index contributed by atoms with van der Waals surface area (Å²) in [6, 6.07) is 0. The third-order valence-corrected chi connectivity index (χ3v) is 6.86. The summed E-state index contributed by atoms with van der Waals surface area (Å²) in [5, 5.41) is 8.81. The molecule has 0 heterocycles. The Morgan fingerprint density at radius 2 is 1.53 bits per heavy atom. The summed E-state index contributed by atoms with van der Waals surface area (Å²) in [5.74, 6) is 0.556. The van der Waals surface area contributed by atoms with Crippen LogP contribution in [-0.2, 0) is 14.3 Å². The number of allylic oxidation sites excluding steroid dienone is 4. The Balaban J connectivity index is 1.99. The van der Waals surface area contributed by atoms with Gasteiger partial charge in [-0.2, -0.15) is 0 Å². The minimum Gasteiger partial charge on any atom is -0.466 e. The second kappa shape index (κ2) is 22.1. The van der Waals surface area contributed by atoms with Crippen LogP contribution in [0, 0.1) is 11.8 Å². The second-order valence-corrected chi connectivity index (χ2v) is 9.95. The maximum Gasteiger partial charge on any atom is 0.305 e. The molecule has 0 saturated heterocycles. The zero-order chi connectivity index (χ0) is 24.7. The summed E-state index contributed by atoms with van der Waals surface area (Å²) in [6.07, 6.45) is 29.1. The van der Waals surface area contributed by atoms with Gasteiger partial charge in [0.1, 0.15) is 0 Å². The van der Waals surface area contributed by atoms with E-state index >= 15 is 0 Å². The molecule has 0 amide bonds. The molecular weight excluding hydrogens is 424 g/mol. The van der Waals surface area contributed by atoms with Crippen LogP contribution < -0.4 is 0 Å². The number of unbranched alkanes of at least 4 members (excludes halogenated alkanes) is 14. The Morgan fingerprint density at radius 3 is 2.29 bits per heavy atom. The number of esters is 1. The first-order chi connectivity index (χ1) is 16.7. The standard InChI is InChI=1S/C30H52O4/c1-2-3-4-5-6-9-14-19-26-34-30(33)22-17-12-11-16-21-28-27(23-24-29(28)32)20-15-10-7-8-13-18-25-31/h15,20,23-24,27-28,31H,2-14,16-19,21-22,25-26H2,1H3/b20-15+/t27-,28+/m0/s1. The lowest BCUT2D eigenvalue weighted by Gasteiger charge is -2.14. The van der Waals surface area contributed by atoms with Gasteiger partial charge in [-0.15, -0.1) is 0 Å². The van der Waals surface area contributed by atoms with E-state index in [2.05, 4.69) is 25.2 Å². The number of carbonyl (C=O) groups is 2. The van der Waals surface area contributed by atoms with E-state index in [1.54, 1.807) is 6.08 Å². The fraction of sp³-hybridized carbons (Fsp3) is 0.800. The average Bonchev–Trinajstić information content (AvgIpc) is 3.18. The number of hydrogen-bond donors (Lipinski definition) is 1. The number of hydrogen-bond acceptors (Lipinski definition) is 4. The Morgan fingerprint density at radius 1 is 0.882 bits per heavy atom. The van der Waals surface area contributed by atoms with Gasteiger partial charge >= 0.3 is 5.97 Å². The highest BCUT2D eigenvalue weighted by atomic mass is 16.5. The first-order valence-corrected chi connectivity index (χ1v) is 14.3. The van der Waals surface area contributed by atoms with Crippen molar-refractivity contribution in [3.05, 3.63) is 24.3 Å². The molecule has 0 radical (unpaired) electrons. The van der Waals surface area contributed by atoms with Crippen LogP contribution in [0.15, 0.2) is 24.3 Å². The topological polar surface area (TPSA) is 63.6 Å². The SMILES string of the molecule is CCCCCCCCCCOC(=O)CCCCCC[C@H]1C(=O)C=C[C@@H]1/C=C/CCCCCCO. The maximum absolute atomic E-state index is 12.2. The van der Waals surface area contributed by atoms with Gasteiger partial charge in [-0.05, 0) is 44.6 Å². The summed E-state index contributed by atoms with van der Waals surface area (Å²) < 4.78 is 5.37. The molecule has 0 aromatic heterocycles. The van der Waals surface area contributed by atoms with Gasteiger partial charge in [-0.1, -0.05) is 102 Å². The molecule has 4 nitrogen and oxygen atoms in total. The number of rotatable bonds is 23. The fourth-order valence-corrected chi connectivity index (χ4v) is 4.65. The van der Waals surface area contributed by atoms with E-state index in [-0.39, 0.29) is 30.2 Å². The van der Waals surface area contributed by atoms with Crippen LogP contribution in [0.1, 0.15) is 129 Å². The second-order valence-electron chi connectivity index (χ2n) is 9.95. The average molecular weight is 477 g/mol. The van der Waals surface area contributed by atoms with Crippen LogP contribution in [0.2, 0.25) is 0 Å². The van der Waals surface area contributed by atoms with Crippen molar-refractivity contribution in [1.29, 1.82) is 0 Å². The molecule has 1 aliphatic carbocycles. The number of aliphatic hydroxyl groups excluding tert-OH is 1. The van der Waals surface area contributed by atoms with Crippen LogP contribution >= 0.6 is 0 Å². The van der Waals surface area contributed by atoms with E-state index in [1.807, 2.05) is 0 Å². The Bertz CT molecular complexity index is 566. The highest BCUT2D eigenvalue weighted by molar-refractivity contribution is 5.94. The molecule has 0 fully saturated rings. The highest BCUT2D eigenvalue weighted by Crippen LogP contribution is 2.29. The molecule has 0 saturated carbocycles. The first kappa shape index (κ1) is 30.6. The molecule has 0 aromatic carbocycles. The van der Waals surface area contributed by atoms with Crippen molar-refractivity contribution in [1.82, 2.24) is 0 Å². The lowest BCUT2D eigenvalue weighted by molar-refractivity contribution is -0.143. The molecule has 196 valence electrons. The van der Waals surface area contributed by atoms with Crippen molar-refractivity contribution in [2.75, 3.05) is 13.2 Å².